The van der Waals surface area contributed by atoms with E-state index in [1.165, 1.54) is 0 Å². The number of hydrogen-bond acceptors (Lipinski definition) is 0. The normalized spacial score (nSPS) is 0. The molecule has 0 heterocycles. The van der Waals surface area contributed by atoms with E-state index in [1.807, 2.05) is 0 Å². The van der Waals surface area contributed by atoms with Gasteiger partial charge in [-0.3, -0.25) is 0 Å². The third-order valence-electron chi connectivity index (χ3n) is 0. The van der Waals surface area contributed by atoms with E-state index in [9.17, 15) is 0 Å². The molecule has 0 saturated carbocycles. The van der Waals surface area contributed by atoms with Gasteiger partial charge in [-0.2, -0.15) is 0 Å². The van der Waals surface area contributed by atoms with Crippen LogP contribution in [0.3, 0.4) is 0 Å². The van der Waals surface area contributed by atoms with Gasteiger partial charge in [0, 0.05) is 37.7 Å². The van der Waals surface area contributed by atoms with E-state index in [4.69, 9.17) is 0 Å². The number of rotatable bonds is 0. The van der Waals surface area contributed by atoms with Gasteiger partial charge in [0.15, 0.2) is 0 Å². The minimum absolute atomic E-state index is 0. The summed E-state index contributed by atoms with van der Waals surface area (Å²) in [5.41, 5.74) is 0. The monoisotopic (exact) mass is 202 g/mol. The average Bonchev–Trinajstić information content (AvgIpc) is 0. The molecule has 0 aliphatic rings. The van der Waals surface area contributed by atoms with E-state index in [2.05, 4.69) is 0 Å². The van der Waals surface area contributed by atoms with E-state index in [-0.39, 0.29) is 82.4 Å². The molecule has 0 fully saturated rings. The molecule has 0 aromatic carbocycles. The maximum Gasteiger partial charge on any atom is 2.00 e. The summed E-state index contributed by atoms with van der Waals surface area (Å²) in [6.45, 7) is 0. The molecule has 10 heteroatoms. The zero-order valence-corrected chi connectivity index (χ0v) is 4.55. The quantitative estimate of drug-likeness (QED) is 0.349. The van der Waals surface area contributed by atoms with Gasteiger partial charge in [0.2, 0.25) is 0 Å². The van der Waals surface area contributed by atoms with Gasteiger partial charge in [0.05, 0.1) is 0 Å². The van der Waals surface area contributed by atoms with Crippen molar-refractivity contribution in [2.75, 3.05) is 0 Å². The Labute approximate surface area is 82.3 Å². The summed E-state index contributed by atoms with van der Waals surface area (Å²) in [6.07, 6.45) is 0. The maximum absolute atomic E-state index is 0. The SMILES string of the molecule is [Ar].[F-].[F-].[F-].[F-].[F-].[F-].[O+2].[O+2].[O+2]. The molecule has 12 radical (unpaired) electrons. The standard InChI is InChI=1S/Ar.6FH.3O/h;6*1H;;;/q;;;;;;;3*+2/p-6. The van der Waals surface area contributed by atoms with E-state index in [0.717, 1.165) is 0 Å². The molecule has 0 aliphatic heterocycles. The predicted octanol–water partition coefficient (Wildman–Crippen LogP) is -18.3. The van der Waals surface area contributed by atoms with Gasteiger partial charge < -0.3 is 28.2 Å². The van der Waals surface area contributed by atoms with Gasteiger partial charge in [-0.1, -0.05) is 0 Å². The van der Waals surface area contributed by atoms with Crippen molar-refractivity contribution in [3.63, 3.8) is 0 Å². The van der Waals surface area contributed by atoms with E-state index < -0.39 is 0 Å². The number of hydrogen-bond donors (Lipinski definition) is 0. The molecule has 0 atom stereocenters. The van der Waals surface area contributed by atoms with Gasteiger partial charge in [-0.15, -0.1) is 0 Å². The molecule has 0 bridgehead atoms. The van der Waals surface area contributed by atoms with E-state index >= 15 is 0 Å². The molecule has 68 valence electrons. The second-order valence-corrected chi connectivity index (χ2v) is 0. The van der Waals surface area contributed by atoms with Crippen LogP contribution in [-0.2, 0) is 16.4 Å². The van der Waals surface area contributed by atoms with Gasteiger partial charge >= 0.3 is 16.4 Å². The largest absolute Gasteiger partial charge is 2.00 e. The summed E-state index contributed by atoms with van der Waals surface area (Å²) in [4.78, 5) is 0. The Morgan fingerprint density at radius 3 is 0.300 bits per heavy atom. The molecule has 0 aromatic rings. The average molecular weight is 202 g/mol. The van der Waals surface area contributed by atoms with Crippen LogP contribution >= 0.6 is 0 Å². The molecule has 0 aliphatic carbocycles. The van der Waals surface area contributed by atoms with Crippen LogP contribution < -0.4 is 28.2 Å². The summed E-state index contributed by atoms with van der Waals surface area (Å²) in [7, 11) is 0. The Kier molecular flexibility index (Phi) is 279000. The van der Waals surface area contributed by atoms with Crippen LogP contribution in [0.2, 0.25) is 0 Å². The van der Waals surface area contributed by atoms with Gasteiger partial charge in [-0.25, -0.2) is 0 Å². The van der Waals surface area contributed by atoms with Crippen LogP contribution in [-0.4, -0.2) is 0 Å². The van der Waals surface area contributed by atoms with Crippen molar-refractivity contribution in [3.05, 3.63) is 0 Å². The van der Waals surface area contributed by atoms with Crippen LogP contribution in [0.25, 0.3) is 0 Å². The first-order valence-corrected chi connectivity index (χ1v) is 0. The minimum Gasteiger partial charge on any atom is -1.00 e. The summed E-state index contributed by atoms with van der Waals surface area (Å²) in [6, 6.07) is 0. The minimum atomic E-state index is 0. The van der Waals surface area contributed by atoms with Gasteiger partial charge in [0.25, 0.3) is 0 Å². The molecule has 0 saturated heterocycles. The van der Waals surface area contributed by atoms with Gasteiger partial charge in [-0.05, 0) is 0 Å². The fourth-order valence-corrected chi connectivity index (χ4v) is 0. The molecule has 0 N–H and O–H groups in total. The molecule has 10 heavy (non-hydrogen) atoms. The summed E-state index contributed by atoms with van der Waals surface area (Å²) < 4.78 is 0. The zero-order valence-electron chi connectivity index (χ0n) is 3.85. The van der Waals surface area contributed by atoms with Crippen LogP contribution in [0.4, 0.5) is 0 Å². The molecular weight excluding hydrogens is 202 g/mol. The first-order chi connectivity index (χ1) is 0. The summed E-state index contributed by atoms with van der Waals surface area (Å²) >= 11 is 0. The molecule has 0 spiro atoms. The molecule has 0 aromatic heterocycles. The summed E-state index contributed by atoms with van der Waals surface area (Å²) in [5.74, 6) is 0. The molecule has 0 rings (SSSR count). The number of halogens is 6. The first-order valence-electron chi connectivity index (χ1n) is 0. The van der Waals surface area contributed by atoms with Crippen molar-refractivity contribution in [1.82, 2.24) is 0 Å². The van der Waals surface area contributed by atoms with Crippen LogP contribution in [0.1, 0.15) is 0 Å². The second kappa shape index (κ2) is 1430. The first kappa shape index (κ1) is 1950. The molecule has 0 unspecified atom stereocenters. The maximum atomic E-state index is 0. The zero-order chi connectivity index (χ0) is 0. The van der Waals surface area contributed by atoms with Crippen molar-refractivity contribution >= 4 is 0 Å². The Bertz CT molecular complexity index is 13.0. The van der Waals surface area contributed by atoms with Gasteiger partial charge in [0.1, 0.15) is 0 Å². The second-order valence-electron chi connectivity index (χ2n) is 0. The third kappa shape index (κ3) is 1000. The fourth-order valence-electron chi connectivity index (χ4n) is 0. The summed E-state index contributed by atoms with van der Waals surface area (Å²) in [5, 5.41) is 0. The van der Waals surface area contributed by atoms with E-state index in [0.29, 0.717) is 0 Å². The molecule has 3 nitrogen and oxygen atoms in total. The molecular formula is ArF6O3. The van der Waals surface area contributed by atoms with Crippen molar-refractivity contribution in [2.45, 2.75) is 0 Å². The molecule has 0 amide bonds. The topological polar surface area (TPSA) is 85.5 Å². The predicted molar refractivity (Wildman–Crippen MR) is 2.06 cm³/mol. The Balaban J connectivity index is 0. The third-order valence-corrected chi connectivity index (χ3v) is 0. The van der Waals surface area contributed by atoms with Crippen LogP contribution in [0, 0.1) is 37.7 Å². The van der Waals surface area contributed by atoms with E-state index in [1.54, 1.807) is 0 Å². The van der Waals surface area contributed by atoms with Crippen molar-refractivity contribution < 1.29 is 82.4 Å². The Morgan fingerprint density at radius 1 is 0.300 bits per heavy atom. The Hall–Kier alpha value is 0.720. The van der Waals surface area contributed by atoms with Crippen molar-refractivity contribution in [3.8, 4) is 0 Å². The van der Waals surface area contributed by atoms with Crippen LogP contribution in [0.5, 0.6) is 0 Å². The van der Waals surface area contributed by atoms with Crippen molar-refractivity contribution in [1.29, 1.82) is 0 Å². The fraction of sp³-hybridized carbons (Fsp3) is 0. The van der Waals surface area contributed by atoms with Crippen LogP contribution in [0.15, 0.2) is 0 Å². The smallest absolute Gasteiger partial charge is 1.00 e. The Morgan fingerprint density at radius 2 is 0.300 bits per heavy atom. The van der Waals surface area contributed by atoms with Crippen molar-refractivity contribution in [2.24, 2.45) is 0 Å².